The molecule has 2 aromatic carbocycles. The Hall–Kier alpha value is -2.82. The molecule has 0 bridgehead atoms. The molecule has 5 nitrogen and oxygen atoms in total. The number of rotatable bonds is 6. The van der Waals surface area contributed by atoms with Gasteiger partial charge in [0.05, 0.1) is 11.9 Å². The van der Waals surface area contributed by atoms with Crippen molar-refractivity contribution in [2.75, 3.05) is 5.32 Å². The highest BCUT2D eigenvalue weighted by Crippen LogP contribution is 2.22. The number of benzene rings is 2. The van der Waals surface area contributed by atoms with E-state index < -0.39 is 0 Å². The van der Waals surface area contributed by atoms with E-state index >= 15 is 0 Å². The predicted octanol–water partition coefficient (Wildman–Crippen LogP) is 2.73. The monoisotopic (exact) mass is 297 g/mol. The molecule has 0 fully saturated rings. The third-order valence-electron chi connectivity index (χ3n) is 3.00. The van der Waals surface area contributed by atoms with Crippen LogP contribution >= 0.6 is 0 Å². The fourth-order valence-electron chi connectivity index (χ4n) is 1.95. The van der Waals surface area contributed by atoms with Gasteiger partial charge >= 0.3 is 0 Å². The summed E-state index contributed by atoms with van der Waals surface area (Å²) >= 11 is 0. The third-order valence-corrected chi connectivity index (χ3v) is 3.00. The van der Waals surface area contributed by atoms with Gasteiger partial charge in [-0.2, -0.15) is 5.10 Å². The van der Waals surface area contributed by atoms with Crippen molar-refractivity contribution in [1.29, 1.82) is 0 Å². The second kappa shape index (κ2) is 7.83. The van der Waals surface area contributed by atoms with Crippen molar-refractivity contribution in [3.05, 3.63) is 60.2 Å². The maximum absolute atomic E-state index is 11.8. The van der Waals surface area contributed by atoms with Crippen LogP contribution in [0.15, 0.2) is 59.7 Å². The fourth-order valence-corrected chi connectivity index (χ4v) is 1.95. The maximum Gasteiger partial charge on any atom is 0.242 e. The highest BCUT2D eigenvalue weighted by molar-refractivity contribution is 5.82. The molecule has 2 rings (SSSR count). The number of carbonyl (C=O) groups excluding carboxylic acids is 1. The number of phenolic OH excluding ortho intramolecular Hbond substituents is 1. The van der Waals surface area contributed by atoms with Crippen molar-refractivity contribution in [3.8, 4) is 5.75 Å². The Kier molecular flexibility index (Phi) is 5.54. The van der Waals surface area contributed by atoms with Gasteiger partial charge in [0.25, 0.3) is 0 Å². The number of hydrogen-bond donors (Lipinski definition) is 3. The van der Waals surface area contributed by atoms with Gasteiger partial charge in [0.1, 0.15) is 5.75 Å². The number of hydrogen-bond acceptors (Lipinski definition) is 4. The zero-order valence-corrected chi connectivity index (χ0v) is 12.4. The van der Waals surface area contributed by atoms with E-state index in [1.807, 2.05) is 43.3 Å². The number of amides is 1. The number of nitrogens with one attached hydrogen (secondary N) is 2. The number of phenols is 1. The number of hydrazone groups is 1. The standard InChI is InChI=1S/C17H19N3O2/c1-13(19-15-9-5-6-10-16(15)21)11-17(22)20-18-12-14-7-3-2-4-8-14/h2-10,12-13,19,21H,11H2,1H3,(H,20,22)/b18-12+. The van der Waals surface area contributed by atoms with Crippen LogP contribution in [0.25, 0.3) is 0 Å². The van der Waals surface area contributed by atoms with Crippen LogP contribution in [0, 0.1) is 0 Å². The molecule has 0 spiro atoms. The lowest BCUT2D eigenvalue weighted by atomic mass is 10.2. The van der Waals surface area contributed by atoms with Crippen LogP contribution in [-0.4, -0.2) is 23.3 Å². The molecular formula is C17H19N3O2. The summed E-state index contributed by atoms with van der Waals surface area (Å²) in [5.41, 5.74) is 4.02. The van der Waals surface area contributed by atoms with Gasteiger partial charge in [-0.1, -0.05) is 42.5 Å². The lowest BCUT2D eigenvalue weighted by Crippen LogP contribution is -2.26. The van der Waals surface area contributed by atoms with Crippen LogP contribution in [0.4, 0.5) is 5.69 Å². The number of nitrogens with zero attached hydrogens (tertiary/aromatic N) is 1. The average Bonchev–Trinajstić information content (AvgIpc) is 2.50. The molecule has 114 valence electrons. The molecule has 0 aliphatic rings. The Morgan fingerprint density at radius 1 is 1.18 bits per heavy atom. The largest absolute Gasteiger partial charge is 0.506 e. The smallest absolute Gasteiger partial charge is 0.242 e. The molecular weight excluding hydrogens is 278 g/mol. The van der Waals surface area contributed by atoms with Gasteiger partial charge < -0.3 is 10.4 Å². The Balaban J connectivity index is 1.79. The first-order valence-electron chi connectivity index (χ1n) is 7.06. The number of carbonyl (C=O) groups is 1. The van der Waals surface area contributed by atoms with E-state index in [0.717, 1.165) is 5.56 Å². The predicted molar refractivity (Wildman–Crippen MR) is 88.0 cm³/mol. The van der Waals surface area contributed by atoms with Crippen molar-refractivity contribution in [1.82, 2.24) is 5.43 Å². The van der Waals surface area contributed by atoms with Crippen LogP contribution in [0.3, 0.4) is 0 Å². The Labute approximate surface area is 129 Å². The summed E-state index contributed by atoms with van der Waals surface area (Å²) in [4.78, 5) is 11.8. The van der Waals surface area contributed by atoms with Crippen molar-refractivity contribution in [2.45, 2.75) is 19.4 Å². The van der Waals surface area contributed by atoms with Gasteiger partial charge in [-0.05, 0) is 24.6 Å². The molecule has 1 amide bonds. The molecule has 5 heteroatoms. The number of aromatic hydroxyl groups is 1. The van der Waals surface area contributed by atoms with Gasteiger partial charge in [0.15, 0.2) is 0 Å². The summed E-state index contributed by atoms with van der Waals surface area (Å²) in [6.07, 6.45) is 1.85. The summed E-state index contributed by atoms with van der Waals surface area (Å²) < 4.78 is 0. The van der Waals surface area contributed by atoms with E-state index in [0.29, 0.717) is 5.69 Å². The molecule has 1 atom stereocenters. The molecule has 0 saturated carbocycles. The Morgan fingerprint density at radius 3 is 2.59 bits per heavy atom. The first-order chi connectivity index (χ1) is 10.6. The van der Waals surface area contributed by atoms with Crippen LogP contribution in [0.5, 0.6) is 5.75 Å². The SMILES string of the molecule is CC(CC(=O)N/N=C/c1ccccc1)Nc1ccccc1O. The Morgan fingerprint density at radius 2 is 1.86 bits per heavy atom. The van der Waals surface area contributed by atoms with Crippen molar-refractivity contribution in [2.24, 2.45) is 5.10 Å². The number of para-hydroxylation sites is 2. The van der Waals surface area contributed by atoms with Crippen molar-refractivity contribution in [3.63, 3.8) is 0 Å². The first kappa shape index (κ1) is 15.6. The molecule has 0 aliphatic carbocycles. The maximum atomic E-state index is 11.8. The van der Waals surface area contributed by atoms with Gasteiger partial charge in [-0.3, -0.25) is 4.79 Å². The zero-order valence-electron chi connectivity index (χ0n) is 12.4. The van der Waals surface area contributed by atoms with E-state index in [1.54, 1.807) is 24.4 Å². The van der Waals surface area contributed by atoms with Crippen LogP contribution in [0.1, 0.15) is 18.9 Å². The topological polar surface area (TPSA) is 73.7 Å². The zero-order chi connectivity index (χ0) is 15.8. The fraction of sp³-hybridized carbons (Fsp3) is 0.176. The molecule has 0 heterocycles. The molecule has 0 aromatic heterocycles. The highest BCUT2D eigenvalue weighted by atomic mass is 16.3. The van der Waals surface area contributed by atoms with Crippen molar-refractivity contribution >= 4 is 17.8 Å². The lowest BCUT2D eigenvalue weighted by molar-refractivity contribution is -0.121. The van der Waals surface area contributed by atoms with E-state index in [1.165, 1.54) is 0 Å². The van der Waals surface area contributed by atoms with Gasteiger partial charge in [-0.25, -0.2) is 5.43 Å². The van der Waals surface area contributed by atoms with E-state index in [2.05, 4.69) is 15.8 Å². The summed E-state index contributed by atoms with van der Waals surface area (Å²) in [5.74, 6) is -0.0283. The van der Waals surface area contributed by atoms with E-state index in [-0.39, 0.29) is 24.1 Å². The highest BCUT2D eigenvalue weighted by Gasteiger charge is 2.09. The van der Waals surface area contributed by atoms with Gasteiger partial charge in [-0.15, -0.1) is 0 Å². The van der Waals surface area contributed by atoms with Crippen LogP contribution in [-0.2, 0) is 4.79 Å². The van der Waals surface area contributed by atoms with E-state index in [9.17, 15) is 9.90 Å². The normalized spacial score (nSPS) is 12.0. The second-order valence-electron chi connectivity index (χ2n) is 4.97. The Bertz CT molecular complexity index is 641. The summed E-state index contributed by atoms with van der Waals surface area (Å²) in [6.45, 7) is 1.87. The molecule has 0 radical (unpaired) electrons. The minimum Gasteiger partial charge on any atom is -0.506 e. The average molecular weight is 297 g/mol. The van der Waals surface area contributed by atoms with Crippen LogP contribution < -0.4 is 10.7 Å². The molecule has 0 saturated heterocycles. The minimum absolute atomic E-state index is 0.125. The molecule has 1 unspecified atom stereocenters. The molecule has 2 aromatic rings. The quantitative estimate of drug-likeness (QED) is 0.436. The van der Waals surface area contributed by atoms with E-state index in [4.69, 9.17) is 0 Å². The lowest BCUT2D eigenvalue weighted by Gasteiger charge is -2.15. The number of anilines is 1. The summed E-state index contributed by atoms with van der Waals surface area (Å²) in [5, 5.41) is 16.7. The molecule has 22 heavy (non-hydrogen) atoms. The molecule has 0 aliphatic heterocycles. The summed E-state index contributed by atoms with van der Waals surface area (Å²) in [7, 11) is 0. The third kappa shape index (κ3) is 4.94. The van der Waals surface area contributed by atoms with Gasteiger partial charge in [0.2, 0.25) is 5.91 Å². The van der Waals surface area contributed by atoms with Crippen molar-refractivity contribution < 1.29 is 9.90 Å². The summed E-state index contributed by atoms with van der Waals surface area (Å²) in [6, 6.07) is 16.3. The first-order valence-corrected chi connectivity index (χ1v) is 7.06. The second-order valence-corrected chi connectivity index (χ2v) is 4.97. The minimum atomic E-state index is -0.192. The molecule has 3 N–H and O–H groups in total. The van der Waals surface area contributed by atoms with Gasteiger partial charge in [0, 0.05) is 12.5 Å². The van der Waals surface area contributed by atoms with Crippen LogP contribution in [0.2, 0.25) is 0 Å².